The Kier molecular flexibility index (Phi) is 3.18. The largest absolute Gasteiger partial charge is 0.465 e. The van der Waals surface area contributed by atoms with Crippen molar-refractivity contribution in [3.63, 3.8) is 0 Å². The predicted octanol–water partition coefficient (Wildman–Crippen LogP) is 2.98. The lowest BCUT2D eigenvalue weighted by Crippen LogP contribution is -2.22. The summed E-state index contributed by atoms with van der Waals surface area (Å²) >= 11 is 0. The second-order valence-electron chi connectivity index (χ2n) is 5.29. The van der Waals surface area contributed by atoms with E-state index in [4.69, 9.17) is 4.74 Å². The van der Waals surface area contributed by atoms with Crippen LogP contribution in [0.5, 0.6) is 0 Å². The Balaban J connectivity index is 1.46. The van der Waals surface area contributed by atoms with Crippen molar-refractivity contribution in [1.82, 2.24) is 0 Å². The minimum atomic E-state index is 0.00258. The molecule has 1 fully saturated rings. The van der Waals surface area contributed by atoms with E-state index < -0.39 is 0 Å². The minimum absolute atomic E-state index is 0.00258. The summed E-state index contributed by atoms with van der Waals surface area (Å²) in [5.41, 5.74) is 1.22. The Bertz CT molecular complexity index is 449. The van der Waals surface area contributed by atoms with Gasteiger partial charge in [-0.2, -0.15) is 0 Å². The van der Waals surface area contributed by atoms with Crippen molar-refractivity contribution in [2.75, 3.05) is 6.61 Å². The summed E-state index contributed by atoms with van der Waals surface area (Å²) in [7, 11) is 0. The van der Waals surface area contributed by atoms with Crippen LogP contribution >= 0.6 is 0 Å². The zero-order chi connectivity index (χ0) is 12.4. The van der Waals surface area contributed by atoms with Crippen LogP contribution in [0, 0.1) is 17.8 Å². The molecule has 0 aliphatic heterocycles. The zero-order valence-electron chi connectivity index (χ0n) is 10.4. The Hall–Kier alpha value is -1.57. The molecule has 2 aliphatic carbocycles. The smallest absolute Gasteiger partial charge is 0.309 e. The molecule has 0 amide bonds. The monoisotopic (exact) mass is 242 g/mol. The van der Waals surface area contributed by atoms with Crippen LogP contribution in [-0.2, 0) is 16.0 Å². The summed E-state index contributed by atoms with van der Waals surface area (Å²) in [4.78, 5) is 12.0. The number of ether oxygens (including phenoxy) is 1. The first-order valence-corrected chi connectivity index (χ1v) is 6.72. The Morgan fingerprint density at radius 2 is 2.00 bits per heavy atom. The SMILES string of the molecule is O=C(OCCc1ccccc1)C1CC2C=CC1C2. The fourth-order valence-corrected chi connectivity index (χ4v) is 3.07. The van der Waals surface area contributed by atoms with Crippen LogP contribution in [0.4, 0.5) is 0 Å². The van der Waals surface area contributed by atoms with Gasteiger partial charge in [0.2, 0.25) is 0 Å². The summed E-state index contributed by atoms with van der Waals surface area (Å²) in [6, 6.07) is 10.1. The minimum Gasteiger partial charge on any atom is -0.465 e. The van der Waals surface area contributed by atoms with Gasteiger partial charge in [-0.1, -0.05) is 42.5 Å². The maximum atomic E-state index is 12.0. The van der Waals surface area contributed by atoms with E-state index in [0.29, 0.717) is 18.4 Å². The van der Waals surface area contributed by atoms with Crippen LogP contribution in [0.1, 0.15) is 18.4 Å². The summed E-state index contributed by atoms with van der Waals surface area (Å²) < 4.78 is 5.41. The topological polar surface area (TPSA) is 26.3 Å². The predicted molar refractivity (Wildman–Crippen MR) is 69.9 cm³/mol. The summed E-state index contributed by atoms with van der Waals surface area (Å²) in [5.74, 6) is 1.19. The molecule has 2 nitrogen and oxygen atoms in total. The third-order valence-corrected chi connectivity index (χ3v) is 4.06. The molecule has 3 rings (SSSR count). The van der Waals surface area contributed by atoms with E-state index in [1.54, 1.807) is 0 Å². The van der Waals surface area contributed by atoms with Crippen LogP contribution in [0.3, 0.4) is 0 Å². The van der Waals surface area contributed by atoms with Crippen molar-refractivity contribution in [1.29, 1.82) is 0 Å². The molecule has 3 unspecified atom stereocenters. The molecular formula is C16H18O2. The number of hydrogen-bond acceptors (Lipinski definition) is 2. The second kappa shape index (κ2) is 4.97. The molecule has 94 valence electrons. The summed E-state index contributed by atoms with van der Waals surface area (Å²) in [6.45, 7) is 0.500. The lowest BCUT2D eigenvalue weighted by molar-refractivity contribution is -0.149. The lowest BCUT2D eigenvalue weighted by atomic mass is 9.94. The van der Waals surface area contributed by atoms with E-state index >= 15 is 0 Å². The number of benzene rings is 1. The highest BCUT2D eigenvalue weighted by Crippen LogP contribution is 2.43. The molecule has 0 aromatic heterocycles. The second-order valence-corrected chi connectivity index (χ2v) is 5.29. The summed E-state index contributed by atoms with van der Waals surface area (Å²) in [5, 5.41) is 0. The van der Waals surface area contributed by atoms with Crippen LogP contribution in [0.2, 0.25) is 0 Å². The maximum Gasteiger partial charge on any atom is 0.309 e. The molecule has 0 heterocycles. The molecular weight excluding hydrogens is 224 g/mol. The van der Waals surface area contributed by atoms with Gasteiger partial charge in [-0.3, -0.25) is 4.79 Å². The van der Waals surface area contributed by atoms with E-state index in [2.05, 4.69) is 24.3 Å². The van der Waals surface area contributed by atoms with E-state index in [0.717, 1.165) is 19.3 Å². The van der Waals surface area contributed by atoms with Crippen molar-refractivity contribution >= 4 is 5.97 Å². The maximum absolute atomic E-state index is 12.0. The van der Waals surface area contributed by atoms with Gasteiger partial charge >= 0.3 is 5.97 Å². The number of carbonyl (C=O) groups excluding carboxylic acids is 1. The van der Waals surface area contributed by atoms with Crippen molar-refractivity contribution in [2.24, 2.45) is 17.8 Å². The molecule has 0 spiro atoms. The van der Waals surface area contributed by atoms with Gasteiger partial charge in [-0.05, 0) is 30.2 Å². The van der Waals surface area contributed by atoms with Gasteiger partial charge in [0.05, 0.1) is 12.5 Å². The van der Waals surface area contributed by atoms with Crippen molar-refractivity contribution in [3.05, 3.63) is 48.0 Å². The van der Waals surface area contributed by atoms with Gasteiger partial charge in [-0.15, -0.1) is 0 Å². The van der Waals surface area contributed by atoms with Gasteiger partial charge in [0, 0.05) is 6.42 Å². The molecule has 3 atom stereocenters. The van der Waals surface area contributed by atoms with E-state index in [1.165, 1.54) is 5.56 Å². The van der Waals surface area contributed by atoms with Gasteiger partial charge < -0.3 is 4.74 Å². The van der Waals surface area contributed by atoms with Gasteiger partial charge in [0.15, 0.2) is 0 Å². The Labute approximate surface area is 108 Å². The van der Waals surface area contributed by atoms with Crippen LogP contribution in [0.15, 0.2) is 42.5 Å². The van der Waals surface area contributed by atoms with Crippen LogP contribution in [-0.4, -0.2) is 12.6 Å². The highest BCUT2D eigenvalue weighted by atomic mass is 16.5. The number of allylic oxidation sites excluding steroid dienone is 2. The third-order valence-electron chi connectivity index (χ3n) is 4.06. The fourth-order valence-electron chi connectivity index (χ4n) is 3.07. The van der Waals surface area contributed by atoms with Crippen LogP contribution < -0.4 is 0 Å². The first kappa shape index (κ1) is 11.5. The van der Waals surface area contributed by atoms with E-state index in [-0.39, 0.29) is 11.9 Å². The quantitative estimate of drug-likeness (QED) is 0.599. The standard InChI is InChI=1S/C16H18O2/c17-16(15-11-13-6-7-14(15)10-13)18-9-8-12-4-2-1-3-5-12/h1-7,13-15H,8-11H2. The highest BCUT2D eigenvalue weighted by molar-refractivity contribution is 5.74. The number of esters is 1. The van der Waals surface area contributed by atoms with Gasteiger partial charge in [-0.25, -0.2) is 0 Å². The highest BCUT2D eigenvalue weighted by Gasteiger charge is 2.40. The van der Waals surface area contributed by atoms with E-state index in [9.17, 15) is 4.79 Å². The van der Waals surface area contributed by atoms with Gasteiger partial charge in [0.1, 0.15) is 0 Å². The Morgan fingerprint density at radius 3 is 2.67 bits per heavy atom. The molecule has 2 bridgehead atoms. The third kappa shape index (κ3) is 2.33. The lowest BCUT2D eigenvalue weighted by Gasteiger charge is -2.16. The molecule has 1 saturated carbocycles. The number of carbonyl (C=O) groups is 1. The molecule has 2 aliphatic rings. The molecule has 1 aromatic carbocycles. The number of hydrogen-bond donors (Lipinski definition) is 0. The van der Waals surface area contributed by atoms with Crippen molar-refractivity contribution in [3.8, 4) is 0 Å². The number of rotatable bonds is 4. The molecule has 1 aromatic rings. The molecule has 0 N–H and O–H groups in total. The first-order chi connectivity index (χ1) is 8.83. The van der Waals surface area contributed by atoms with Crippen molar-refractivity contribution < 1.29 is 9.53 Å². The fraction of sp³-hybridized carbons (Fsp3) is 0.438. The molecule has 2 heteroatoms. The van der Waals surface area contributed by atoms with E-state index in [1.807, 2.05) is 18.2 Å². The summed E-state index contributed by atoms with van der Waals surface area (Å²) in [6.07, 6.45) is 7.39. The first-order valence-electron chi connectivity index (χ1n) is 6.72. The average Bonchev–Trinajstić information content (AvgIpc) is 3.02. The van der Waals surface area contributed by atoms with Crippen molar-refractivity contribution in [2.45, 2.75) is 19.3 Å². The average molecular weight is 242 g/mol. The normalized spacial score (nSPS) is 28.6. The van der Waals surface area contributed by atoms with Gasteiger partial charge in [0.25, 0.3) is 0 Å². The zero-order valence-corrected chi connectivity index (χ0v) is 10.4. The molecule has 0 radical (unpaired) electrons. The Morgan fingerprint density at radius 1 is 1.17 bits per heavy atom. The van der Waals surface area contributed by atoms with Crippen LogP contribution in [0.25, 0.3) is 0 Å². The molecule has 0 saturated heterocycles. The molecule has 18 heavy (non-hydrogen) atoms. The number of fused-ring (bicyclic) bond motifs is 2.